The van der Waals surface area contributed by atoms with Crippen molar-refractivity contribution in [3.8, 4) is 11.5 Å². The highest BCUT2D eigenvalue weighted by Gasteiger charge is 2.43. The molecule has 1 atom stereocenters. The topological polar surface area (TPSA) is 94.3 Å². The molecule has 0 saturated carbocycles. The largest absolute Gasteiger partial charge is 0.493 e. The van der Waals surface area contributed by atoms with E-state index in [2.05, 4.69) is 0 Å². The molecule has 2 aliphatic heterocycles. The van der Waals surface area contributed by atoms with E-state index >= 15 is 0 Å². The van der Waals surface area contributed by atoms with Crippen molar-refractivity contribution in [3.05, 3.63) is 87.5 Å². The molecule has 2 aliphatic rings. The van der Waals surface area contributed by atoms with Gasteiger partial charge in [0, 0.05) is 18.6 Å². The first-order valence-electron chi connectivity index (χ1n) is 10.0. The summed E-state index contributed by atoms with van der Waals surface area (Å²) >= 11 is 0. The lowest BCUT2D eigenvalue weighted by atomic mass is 9.96. The van der Waals surface area contributed by atoms with E-state index < -0.39 is 4.92 Å². The highest BCUT2D eigenvalue weighted by molar-refractivity contribution is 6.17. The Morgan fingerprint density at radius 1 is 1.03 bits per heavy atom. The van der Waals surface area contributed by atoms with Gasteiger partial charge in [-0.15, -0.1) is 0 Å². The Hall–Kier alpha value is -4.20. The second kappa shape index (κ2) is 7.49. The van der Waals surface area contributed by atoms with Crippen molar-refractivity contribution in [1.82, 2.24) is 0 Å². The van der Waals surface area contributed by atoms with Crippen molar-refractivity contribution in [2.45, 2.75) is 12.5 Å². The molecule has 32 heavy (non-hydrogen) atoms. The Balaban J connectivity index is 1.68. The second-order valence-corrected chi connectivity index (χ2v) is 7.51. The van der Waals surface area contributed by atoms with Gasteiger partial charge in [-0.25, -0.2) is 0 Å². The molecule has 0 aromatic heterocycles. The first-order valence-corrected chi connectivity index (χ1v) is 10.0. The van der Waals surface area contributed by atoms with Crippen molar-refractivity contribution in [2.24, 2.45) is 4.99 Å². The third kappa shape index (κ3) is 2.91. The Bertz CT molecular complexity index is 1280. The van der Waals surface area contributed by atoms with Crippen molar-refractivity contribution in [2.75, 3.05) is 19.1 Å². The molecule has 0 spiro atoms. The number of hydrogen-bond donors (Lipinski definition) is 0. The number of fused-ring (bicyclic) bond motifs is 5. The molecule has 160 valence electrons. The van der Waals surface area contributed by atoms with Crippen molar-refractivity contribution < 1.29 is 19.2 Å². The van der Waals surface area contributed by atoms with E-state index in [4.69, 9.17) is 14.5 Å². The first kappa shape index (κ1) is 19.7. The first-order chi connectivity index (χ1) is 15.5. The summed E-state index contributed by atoms with van der Waals surface area (Å²) in [5, 5.41) is 11.1. The van der Waals surface area contributed by atoms with Gasteiger partial charge in [-0.1, -0.05) is 18.2 Å². The van der Waals surface area contributed by atoms with E-state index in [1.54, 1.807) is 23.1 Å². The predicted molar refractivity (Wildman–Crippen MR) is 119 cm³/mol. The number of carbonyl (C=O) groups is 1. The summed E-state index contributed by atoms with van der Waals surface area (Å²) < 4.78 is 11.0. The van der Waals surface area contributed by atoms with Crippen LogP contribution in [0.15, 0.2) is 65.7 Å². The number of methoxy groups -OCH3 is 2. The van der Waals surface area contributed by atoms with Crippen LogP contribution in [0, 0.1) is 10.1 Å². The molecule has 0 radical (unpaired) electrons. The van der Waals surface area contributed by atoms with Gasteiger partial charge < -0.3 is 9.47 Å². The number of anilines is 1. The van der Waals surface area contributed by atoms with Crippen LogP contribution in [-0.2, 0) is 0 Å². The number of benzene rings is 3. The molecule has 3 aromatic carbocycles. The number of nitrogens with zero attached hydrogens (tertiary/aromatic N) is 3. The van der Waals surface area contributed by atoms with E-state index in [1.807, 2.05) is 30.3 Å². The number of non-ortho nitro benzene ring substituents is 1. The lowest BCUT2D eigenvalue weighted by molar-refractivity contribution is -0.384. The summed E-state index contributed by atoms with van der Waals surface area (Å²) in [6, 6.07) is 17.2. The standard InChI is InChI=1S/C24H19N3O5/c1-31-21-12-11-16-20-13-18(14-7-9-15(10-8-14)27(29)30)25-17-5-3-4-6-19(17)26(20)24(28)22(16)23(21)32-2/h3-12,20H,13H2,1-2H3/t20-/m1/s1. The zero-order valence-corrected chi connectivity index (χ0v) is 17.4. The van der Waals surface area contributed by atoms with Crippen LogP contribution in [0.2, 0.25) is 0 Å². The molecule has 5 rings (SSSR count). The normalized spacial score (nSPS) is 16.4. The van der Waals surface area contributed by atoms with Gasteiger partial charge in [-0.3, -0.25) is 24.8 Å². The van der Waals surface area contributed by atoms with E-state index in [1.165, 1.54) is 26.4 Å². The molecule has 0 saturated heterocycles. The molecular weight excluding hydrogens is 410 g/mol. The molecule has 1 amide bonds. The maximum atomic E-state index is 13.6. The Morgan fingerprint density at radius 3 is 2.47 bits per heavy atom. The van der Waals surface area contributed by atoms with E-state index in [0.29, 0.717) is 34.9 Å². The molecule has 2 heterocycles. The highest BCUT2D eigenvalue weighted by atomic mass is 16.6. The second-order valence-electron chi connectivity index (χ2n) is 7.51. The SMILES string of the molecule is COc1ccc2c(c1OC)C(=O)N1c3ccccc3N=C(c3ccc([N+](=O)[O-])cc3)C[C@H]21. The van der Waals surface area contributed by atoms with Gasteiger partial charge in [0.2, 0.25) is 0 Å². The average molecular weight is 429 g/mol. The van der Waals surface area contributed by atoms with Crippen LogP contribution >= 0.6 is 0 Å². The summed E-state index contributed by atoms with van der Waals surface area (Å²) in [6.07, 6.45) is 0.445. The van der Waals surface area contributed by atoms with Gasteiger partial charge in [0.25, 0.3) is 11.6 Å². The fourth-order valence-corrected chi connectivity index (χ4v) is 4.41. The minimum Gasteiger partial charge on any atom is -0.493 e. The molecule has 0 bridgehead atoms. The molecule has 0 aliphatic carbocycles. The molecule has 3 aromatic rings. The molecule has 0 fully saturated rings. The third-order valence-corrected chi connectivity index (χ3v) is 5.88. The van der Waals surface area contributed by atoms with Crippen LogP contribution in [0.3, 0.4) is 0 Å². The Kier molecular flexibility index (Phi) is 4.62. The minimum atomic E-state index is -0.429. The van der Waals surface area contributed by atoms with Crippen LogP contribution in [0.1, 0.15) is 33.9 Å². The average Bonchev–Trinajstić information content (AvgIpc) is 2.98. The Morgan fingerprint density at radius 2 is 1.78 bits per heavy atom. The summed E-state index contributed by atoms with van der Waals surface area (Å²) in [7, 11) is 3.06. The molecular formula is C24H19N3O5. The number of ether oxygens (including phenoxy) is 2. The fourth-order valence-electron chi connectivity index (χ4n) is 4.41. The maximum absolute atomic E-state index is 13.6. The van der Waals surface area contributed by atoms with Crippen LogP contribution in [0.25, 0.3) is 0 Å². The minimum absolute atomic E-state index is 0.0169. The summed E-state index contributed by atoms with van der Waals surface area (Å²) in [5.74, 6) is 0.734. The predicted octanol–water partition coefficient (Wildman–Crippen LogP) is 4.84. The van der Waals surface area contributed by atoms with Crippen molar-refractivity contribution in [1.29, 1.82) is 0 Å². The number of rotatable bonds is 4. The lowest BCUT2D eigenvalue weighted by Crippen LogP contribution is -2.28. The fraction of sp³-hybridized carbons (Fsp3) is 0.167. The van der Waals surface area contributed by atoms with Crippen molar-refractivity contribution >= 4 is 28.7 Å². The molecule has 8 nitrogen and oxygen atoms in total. The number of nitro benzene ring substituents is 1. The van der Waals surface area contributed by atoms with Gasteiger partial charge in [0.15, 0.2) is 11.5 Å². The third-order valence-electron chi connectivity index (χ3n) is 5.88. The summed E-state index contributed by atoms with van der Waals surface area (Å²) in [5.41, 5.74) is 4.22. The highest BCUT2D eigenvalue weighted by Crippen LogP contribution is 2.50. The smallest absolute Gasteiger partial charge is 0.269 e. The number of aliphatic imine (C=N–C) groups is 1. The van der Waals surface area contributed by atoms with E-state index in [-0.39, 0.29) is 17.6 Å². The van der Waals surface area contributed by atoms with Gasteiger partial charge in [-0.05, 0) is 41.5 Å². The number of para-hydroxylation sites is 2. The monoisotopic (exact) mass is 429 g/mol. The van der Waals surface area contributed by atoms with Crippen LogP contribution < -0.4 is 14.4 Å². The van der Waals surface area contributed by atoms with Gasteiger partial charge in [-0.2, -0.15) is 0 Å². The van der Waals surface area contributed by atoms with Gasteiger partial charge in [0.05, 0.1) is 47.8 Å². The molecule has 8 heteroatoms. The molecule has 0 N–H and O–H groups in total. The van der Waals surface area contributed by atoms with Crippen molar-refractivity contribution in [3.63, 3.8) is 0 Å². The number of amides is 1. The van der Waals surface area contributed by atoms with Gasteiger partial charge in [0.1, 0.15) is 0 Å². The summed E-state index contributed by atoms with van der Waals surface area (Å²) in [4.78, 5) is 30.8. The zero-order chi connectivity index (χ0) is 22.4. The number of hydrogen-bond acceptors (Lipinski definition) is 6. The Labute approximate surface area is 183 Å². The number of nitro groups is 1. The van der Waals surface area contributed by atoms with E-state index in [9.17, 15) is 14.9 Å². The number of carbonyl (C=O) groups excluding carboxylic acids is 1. The van der Waals surface area contributed by atoms with E-state index in [0.717, 1.165) is 16.8 Å². The lowest BCUT2D eigenvalue weighted by Gasteiger charge is -2.24. The molecule has 0 unspecified atom stereocenters. The quantitative estimate of drug-likeness (QED) is 0.437. The van der Waals surface area contributed by atoms with Gasteiger partial charge >= 0.3 is 0 Å². The maximum Gasteiger partial charge on any atom is 0.269 e. The van der Waals surface area contributed by atoms with Crippen LogP contribution in [-0.4, -0.2) is 30.8 Å². The summed E-state index contributed by atoms with van der Waals surface area (Å²) in [6.45, 7) is 0. The van der Waals surface area contributed by atoms with Crippen LogP contribution in [0.5, 0.6) is 11.5 Å². The zero-order valence-electron chi connectivity index (χ0n) is 17.4. The van der Waals surface area contributed by atoms with Crippen LogP contribution in [0.4, 0.5) is 17.1 Å².